The maximum Gasteiger partial charge on any atom is 0.387 e. The molecular formula is C28H32F2N8O2. The van der Waals surface area contributed by atoms with E-state index in [0.717, 1.165) is 22.5 Å². The third-order valence-electron chi connectivity index (χ3n) is 6.14. The number of ether oxygens (including phenoxy) is 1. The van der Waals surface area contributed by atoms with E-state index in [1.807, 2.05) is 44.0 Å². The van der Waals surface area contributed by atoms with Gasteiger partial charge in [0.15, 0.2) is 5.75 Å². The Morgan fingerprint density at radius 2 is 1.98 bits per heavy atom. The van der Waals surface area contributed by atoms with Gasteiger partial charge >= 0.3 is 6.61 Å². The standard InChI is InChI=1S/C28H32F2N8O2/c1-6-27(39)36-21-12-22(25(40-28(29)30)14-24(21)37(4)10-9-31-17(2)3)35-26-13-20(32-16-33-26)18-7-8-23-19(11-18)15-34-38(23)5/h6-8,11-17,28,31H,1,9-10H2,2-5H3,(H,36,39)(H,32,33,35). The number of carbonyl (C=O) groups is 1. The van der Waals surface area contributed by atoms with Crippen molar-refractivity contribution in [3.63, 3.8) is 0 Å². The molecule has 3 N–H and O–H groups in total. The van der Waals surface area contributed by atoms with Crippen LogP contribution in [-0.2, 0) is 11.8 Å². The Kier molecular flexibility index (Phi) is 8.90. The van der Waals surface area contributed by atoms with E-state index < -0.39 is 12.5 Å². The molecule has 210 valence electrons. The van der Waals surface area contributed by atoms with Crippen LogP contribution in [0.5, 0.6) is 5.75 Å². The number of amides is 1. The second kappa shape index (κ2) is 12.5. The molecule has 12 heteroatoms. The summed E-state index contributed by atoms with van der Waals surface area (Å²) in [6.45, 7) is 5.69. The second-order valence-corrected chi connectivity index (χ2v) is 9.42. The summed E-state index contributed by atoms with van der Waals surface area (Å²) in [6.07, 6.45) is 4.28. The Balaban J connectivity index is 1.69. The third-order valence-corrected chi connectivity index (χ3v) is 6.14. The molecular weight excluding hydrogens is 518 g/mol. The number of alkyl halides is 2. The van der Waals surface area contributed by atoms with Crippen LogP contribution in [0.25, 0.3) is 22.2 Å². The molecule has 2 aromatic carbocycles. The number of likely N-dealkylation sites (N-methyl/N-ethyl adjacent to an activating group) is 1. The zero-order valence-electron chi connectivity index (χ0n) is 22.8. The summed E-state index contributed by atoms with van der Waals surface area (Å²) in [5.41, 5.74) is 3.50. The Morgan fingerprint density at radius 1 is 1.18 bits per heavy atom. The lowest BCUT2D eigenvalue weighted by Crippen LogP contribution is -2.33. The van der Waals surface area contributed by atoms with E-state index in [1.54, 1.807) is 24.0 Å². The number of hydrogen-bond donors (Lipinski definition) is 3. The first-order valence-electron chi connectivity index (χ1n) is 12.7. The van der Waals surface area contributed by atoms with Gasteiger partial charge in [-0.05, 0) is 24.3 Å². The maximum absolute atomic E-state index is 13.5. The summed E-state index contributed by atoms with van der Waals surface area (Å²) < 4.78 is 33.6. The van der Waals surface area contributed by atoms with Gasteiger partial charge in [0.1, 0.15) is 12.1 Å². The van der Waals surface area contributed by atoms with Gasteiger partial charge in [0.25, 0.3) is 0 Å². The molecule has 0 saturated carbocycles. The fourth-order valence-electron chi connectivity index (χ4n) is 4.15. The highest BCUT2D eigenvalue weighted by Gasteiger charge is 2.19. The lowest BCUT2D eigenvalue weighted by molar-refractivity contribution is -0.111. The number of fused-ring (bicyclic) bond motifs is 1. The van der Waals surface area contributed by atoms with E-state index >= 15 is 0 Å². The number of aryl methyl sites for hydroxylation is 1. The molecule has 0 saturated heterocycles. The Hall–Kier alpha value is -4.58. The van der Waals surface area contributed by atoms with E-state index in [9.17, 15) is 13.6 Å². The summed E-state index contributed by atoms with van der Waals surface area (Å²) in [5, 5.41) is 14.3. The SMILES string of the molecule is C=CC(=O)Nc1cc(Nc2cc(-c3ccc4c(cnn4C)c3)ncn2)c(OC(F)F)cc1N(C)CCNC(C)C. The van der Waals surface area contributed by atoms with Crippen molar-refractivity contribution >= 4 is 39.7 Å². The molecule has 0 aliphatic heterocycles. The normalized spacial score (nSPS) is 11.2. The average Bonchev–Trinajstić information content (AvgIpc) is 3.29. The number of hydrogen-bond acceptors (Lipinski definition) is 8. The van der Waals surface area contributed by atoms with Crippen molar-refractivity contribution in [2.75, 3.05) is 35.7 Å². The quantitative estimate of drug-likeness (QED) is 0.213. The number of nitrogens with zero attached hydrogens (tertiary/aromatic N) is 5. The van der Waals surface area contributed by atoms with Crippen molar-refractivity contribution in [2.45, 2.75) is 26.5 Å². The number of carbonyl (C=O) groups excluding carboxylic acids is 1. The summed E-state index contributed by atoms with van der Waals surface area (Å²) in [7, 11) is 3.67. The summed E-state index contributed by atoms with van der Waals surface area (Å²) in [4.78, 5) is 22.7. The van der Waals surface area contributed by atoms with Gasteiger partial charge in [-0.15, -0.1) is 0 Å². The van der Waals surface area contributed by atoms with Gasteiger partial charge in [-0.2, -0.15) is 13.9 Å². The first kappa shape index (κ1) is 28.4. The summed E-state index contributed by atoms with van der Waals surface area (Å²) in [5.74, 6) is -0.209. The highest BCUT2D eigenvalue weighted by atomic mass is 19.3. The van der Waals surface area contributed by atoms with Crippen LogP contribution in [0.15, 0.2) is 61.6 Å². The third kappa shape index (κ3) is 6.89. The molecule has 0 radical (unpaired) electrons. The molecule has 0 fully saturated rings. The summed E-state index contributed by atoms with van der Waals surface area (Å²) >= 11 is 0. The van der Waals surface area contributed by atoms with Gasteiger partial charge in [0, 0.05) is 56.3 Å². The minimum Gasteiger partial charge on any atom is -0.433 e. The lowest BCUT2D eigenvalue weighted by atomic mass is 10.1. The molecule has 0 bridgehead atoms. The first-order chi connectivity index (χ1) is 19.1. The number of rotatable bonds is 12. The smallest absolute Gasteiger partial charge is 0.387 e. The van der Waals surface area contributed by atoms with Crippen molar-refractivity contribution in [2.24, 2.45) is 7.05 Å². The van der Waals surface area contributed by atoms with E-state index in [1.165, 1.54) is 18.5 Å². The van der Waals surface area contributed by atoms with Crippen LogP contribution in [0, 0.1) is 0 Å². The van der Waals surface area contributed by atoms with Crippen molar-refractivity contribution in [1.82, 2.24) is 25.1 Å². The van der Waals surface area contributed by atoms with Crippen molar-refractivity contribution in [3.8, 4) is 17.0 Å². The van der Waals surface area contributed by atoms with Crippen LogP contribution in [0.4, 0.5) is 31.7 Å². The molecule has 4 aromatic rings. The molecule has 1 amide bonds. The van der Waals surface area contributed by atoms with E-state index in [0.29, 0.717) is 36.0 Å². The first-order valence-corrected chi connectivity index (χ1v) is 12.7. The fourth-order valence-corrected chi connectivity index (χ4v) is 4.15. The van der Waals surface area contributed by atoms with Gasteiger partial charge in [0.05, 0.1) is 34.5 Å². The van der Waals surface area contributed by atoms with Gasteiger partial charge in [-0.25, -0.2) is 9.97 Å². The van der Waals surface area contributed by atoms with Gasteiger partial charge in [0.2, 0.25) is 5.91 Å². The number of anilines is 4. The van der Waals surface area contributed by atoms with Crippen molar-refractivity contribution < 1.29 is 18.3 Å². The van der Waals surface area contributed by atoms with Crippen molar-refractivity contribution in [1.29, 1.82) is 0 Å². The number of halogens is 2. The zero-order valence-corrected chi connectivity index (χ0v) is 22.8. The average molecular weight is 551 g/mol. The van der Waals surface area contributed by atoms with Crippen LogP contribution in [0.3, 0.4) is 0 Å². The highest BCUT2D eigenvalue weighted by Crippen LogP contribution is 2.39. The van der Waals surface area contributed by atoms with Crippen LogP contribution in [0.1, 0.15) is 13.8 Å². The van der Waals surface area contributed by atoms with Crippen LogP contribution in [0.2, 0.25) is 0 Å². The Bertz CT molecular complexity index is 1510. The molecule has 2 aromatic heterocycles. The number of benzene rings is 2. The van der Waals surface area contributed by atoms with E-state index in [2.05, 4.69) is 37.6 Å². The molecule has 0 atom stereocenters. The molecule has 0 aliphatic rings. The topological polar surface area (TPSA) is 109 Å². The predicted octanol–water partition coefficient (Wildman–Crippen LogP) is 4.93. The largest absolute Gasteiger partial charge is 0.433 e. The fraction of sp³-hybridized carbons (Fsp3) is 0.286. The van der Waals surface area contributed by atoms with E-state index in [4.69, 9.17) is 4.74 Å². The maximum atomic E-state index is 13.5. The molecule has 0 unspecified atom stereocenters. The molecule has 0 aliphatic carbocycles. The minimum atomic E-state index is -3.07. The second-order valence-electron chi connectivity index (χ2n) is 9.42. The highest BCUT2D eigenvalue weighted by molar-refractivity contribution is 6.02. The van der Waals surface area contributed by atoms with Crippen LogP contribution < -0.4 is 25.6 Å². The van der Waals surface area contributed by atoms with Crippen LogP contribution in [-0.4, -0.2) is 58.4 Å². The van der Waals surface area contributed by atoms with Gasteiger partial charge < -0.3 is 25.6 Å². The minimum absolute atomic E-state index is 0.109. The monoisotopic (exact) mass is 550 g/mol. The van der Waals surface area contributed by atoms with Crippen LogP contribution >= 0.6 is 0 Å². The molecule has 10 nitrogen and oxygen atoms in total. The van der Waals surface area contributed by atoms with E-state index in [-0.39, 0.29) is 17.5 Å². The molecule has 2 heterocycles. The number of aromatic nitrogens is 4. The Labute approximate surface area is 231 Å². The zero-order chi connectivity index (χ0) is 28.8. The molecule has 40 heavy (non-hydrogen) atoms. The lowest BCUT2D eigenvalue weighted by Gasteiger charge is -2.25. The van der Waals surface area contributed by atoms with Crippen molar-refractivity contribution in [3.05, 3.63) is 61.6 Å². The molecule has 0 spiro atoms. The predicted molar refractivity (Wildman–Crippen MR) is 153 cm³/mol. The molecule has 4 rings (SSSR count). The van der Waals surface area contributed by atoms with Gasteiger partial charge in [-0.3, -0.25) is 9.48 Å². The summed E-state index contributed by atoms with van der Waals surface area (Å²) in [6, 6.07) is 10.8. The van der Waals surface area contributed by atoms with Gasteiger partial charge in [-0.1, -0.05) is 26.5 Å². The number of nitrogens with one attached hydrogen (secondary N) is 3. The Morgan fingerprint density at radius 3 is 2.70 bits per heavy atom.